The summed E-state index contributed by atoms with van der Waals surface area (Å²) in [5, 5.41) is 8.39. The molecule has 1 aromatic rings. The molecule has 0 atom stereocenters. The molecule has 1 heterocycles. The largest absolute Gasteiger partial charge is 0.477 e. The van der Waals surface area contributed by atoms with Crippen LogP contribution in [0.3, 0.4) is 0 Å². The van der Waals surface area contributed by atoms with E-state index < -0.39 is 26.5 Å². The third-order valence-corrected chi connectivity index (χ3v) is 5.10. The molecular formula is C12H17NO5S. The average molecular weight is 287 g/mol. The van der Waals surface area contributed by atoms with Crippen molar-refractivity contribution in [2.45, 2.75) is 32.6 Å². The smallest absolute Gasteiger partial charge is 0.341 e. The molecule has 0 aliphatic carbocycles. The Balaban J connectivity index is 3.06. The Labute approximate surface area is 111 Å². The Kier molecular flexibility index (Phi) is 4.52. The van der Waals surface area contributed by atoms with Gasteiger partial charge in [-0.25, -0.2) is 13.2 Å². The van der Waals surface area contributed by atoms with Crippen LogP contribution in [-0.4, -0.2) is 35.1 Å². The molecule has 0 aliphatic rings. The summed E-state index contributed by atoms with van der Waals surface area (Å²) >= 11 is 0. The molecule has 19 heavy (non-hydrogen) atoms. The van der Waals surface area contributed by atoms with Gasteiger partial charge in [-0.2, -0.15) is 0 Å². The van der Waals surface area contributed by atoms with Crippen LogP contribution in [0.25, 0.3) is 0 Å². The monoisotopic (exact) mass is 287 g/mol. The molecule has 106 valence electrons. The number of sulfone groups is 1. The van der Waals surface area contributed by atoms with E-state index in [4.69, 9.17) is 5.11 Å². The molecule has 0 radical (unpaired) electrons. The first-order chi connectivity index (χ1) is 8.65. The van der Waals surface area contributed by atoms with Gasteiger partial charge in [-0.15, -0.1) is 0 Å². The summed E-state index contributed by atoms with van der Waals surface area (Å²) in [6.45, 7) is 4.95. The molecule has 1 rings (SSSR count). The van der Waals surface area contributed by atoms with E-state index in [1.54, 1.807) is 20.8 Å². The zero-order chi connectivity index (χ0) is 14.8. The fourth-order valence-electron chi connectivity index (χ4n) is 1.53. The Bertz CT molecular complexity index is 643. The van der Waals surface area contributed by atoms with Gasteiger partial charge < -0.3 is 9.67 Å². The Morgan fingerprint density at radius 2 is 2.00 bits per heavy atom. The quantitative estimate of drug-likeness (QED) is 0.859. The van der Waals surface area contributed by atoms with E-state index in [1.165, 1.54) is 16.8 Å². The normalized spacial score (nSPS) is 11.8. The van der Waals surface area contributed by atoms with Gasteiger partial charge in [0.15, 0.2) is 15.3 Å². The maximum Gasteiger partial charge on any atom is 0.341 e. The van der Waals surface area contributed by atoms with Gasteiger partial charge in [0.1, 0.15) is 5.56 Å². The highest BCUT2D eigenvalue weighted by Gasteiger charge is 2.17. The summed E-state index contributed by atoms with van der Waals surface area (Å²) in [5.41, 5.74) is -0.394. The molecule has 0 saturated carbocycles. The van der Waals surface area contributed by atoms with Crippen molar-refractivity contribution in [3.8, 4) is 0 Å². The number of aromatic nitrogens is 1. The summed E-state index contributed by atoms with van der Waals surface area (Å²) in [6, 6.07) is 1.20. The predicted molar refractivity (Wildman–Crippen MR) is 71.3 cm³/mol. The maximum atomic E-state index is 11.7. The lowest BCUT2D eigenvalue weighted by molar-refractivity contribution is 0.0694. The molecule has 0 bridgehead atoms. The van der Waals surface area contributed by atoms with Crippen molar-refractivity contribution < 1.29 is 18.3 Å². The van der Waals surface area contributed by atoms with Gasteiger partial charge in [0, 0.05) is 24.5 Å². The van der Waals surface area contributed by atoms with Gasteiger partial charge in [-0.1, -0.05) is 0 Å². The third kappa shape index (κ3) is 3.66. The Morgan fingerprint density at radius 1 is 1.42 bits per heavy atom. The van der Waals surface area contributed by atoms with Crippen LogP contribution in [0, 0.1) is 6.92 Å². The number of carbonyl (C=O) groups is 1. The molecular weight excluding hydrogens is 270 g/mol. The van der Waals surface area contributed by atoms with E-state index in [0.29, 0.717) is 5.69 Å². The minimum Gasteiger partial charge on any atom is -0.477 e. The van der Waals surface area contributed by atoms with Crippen molar-refractivity contribution in [1.29, 1.82) is 0 Å². The average Bonchev–Trinajstić information content (AvgIpc) is 2.27. The van der Waals surface area contributed by atoms with Crippen molar-refractivity contribution in [1.82, 2.24) is 4.57 Å². The summed E-state index contributed by atoms with van der Waals surface area (Å²) in [4.78, 5) is 22.3. The number of aryl methyl sites for hydroxylation is 2. The van der Waals surface area contributed by atoms with Crippen LogP contribution < -0.4 is 5.43 Å². The lowest BCUT2D eigenvalue weighted by atomic mass is 10.2. The standard InChI is InChI=1S/C12H17NO5S/c1-8(2)19(17,18)5-4-13-7-10(12(15)16)11(14)6-9(13)3/h6-8H,4-5H2,1-3H3,(H,15,16). The van der Waals surface area contributed by atoms with Crippen molar-refractivity contribution in [3.05, 3.63) is 33.7 Å². The van der Waals surface area contributed by atoms with Crippen LogP contribution in [0.5, 0.6) is 0 Å². The van der Waals surface area contributed by atoms with Crippen molar-refractivity contribution in [2.24, 2.45) is 0 Å². The molecule has 0 saturated heterocycles. The van der Waals surface area contributed by atoms with Crippen LogP contribution in [-0.2, 0) is 16.4 Å². The minimum absolute atomic E-state index is 0.0898. The molecule has 0 aliphatic heterocycles. The number of pyridine rings is 1. The fourth-order valence-corrected chi connectivity index (χ4v) is 2.46. The second-order valence-electron chi connectivity index (χ2n) is 4.61. The van der Waals surface area contributed by atoms with E-state index in [-0.39, 0.29) is 17.9 Å². The highest BCUT2D eigenvalue weighted by molar-refractivity contribution is 7.91. The molecule has 1 N–H and O–H groups in total. The van der Waals surface area contributed by atoms with Crippen LogP contribution in [0.4, 0.5) is 0 Å². The number of nitrogens with zero attached hydrogens (tertiary/aromatic N) is 1. The molecule has 0 unspecified atom stereocenters. The zero-order valence-electron chi connectivity index (χ0n) is 11.1. The van der Waals surface area contributed by atoms with Crippen LogP contribution in [0.15, 0.2) is 17.1 Å². The summed E-state index contributed by atoms with van der Waals surface area (Å²) in [7, 11) is -3.20. The lowest BCUT2D eigenvalue weighted by Gasteiger charge is -2.13. The lowest BCUT2D eigenvalue weighted by Crippen LogP contribution is -2.24. The predicted octanol–water partition coefficient (Wildman–Crippen LogP) is 0.678. The first-order valence-corrected chi connectivity index (χ1v) is 7.52. The second kappa shape index (κ2) is 5.56. The van der Waals surface area contributed by atoms with Gasteiger partial charge in [0.05, 0.1) is 11.0 Å². The van der Waals surface area contributed by atoms with Crippen LogP contribution >= 0.6 is 0 Å². The Hall–Kier alpha value is -1.63. The van der Waals surface area contributed by atoms with Crippen molar-refractivity contribution >= 4 is 15.8 Å². The topological polar surface area (TPSA) is 93.4 Å². The zero-order valence-corrected chi connectivity index (χ0v) is 11.9. The molecule has 7 heteroatoms. The Morgan fingerprint density at radius 3 is 2.47 bits per heavy atom. The van der Waals surface area contributed by atoms with E-state index in [0.717, 1.165) is 0 Å². The molecule has 0 aromatic carbocycles. The number of hydrogen-bond acceptors (Lipinski definition) is 4. The number of carboxylic acid groups (broad SMARTS) is 1. The summed E-state index contributed by atoms with van der Waals surface area (Å²) < 4.78 is 24.9. The minimum atomic E-state index is -3.20. The van der Waals surface area contributed by atoms with Gasteiger partial charge in [-0.05, 0) is 20.8 Å². The molecule has 0 spiro atoms. The first kappa shape index (κ1) is 15.4. The van der Waals surface area contributed by atoms with E-state index in [1.807, 2.05) is 0 Å². The number of carboxylic acids is 1. The molecule has 1 aromatic heterocycles. The highest BCUT2D eigenvalue weighted by atomic mass is 32.2. The third-order valence-electron chi connectivity index (χ3n) is 2.91. The number of hydrogen-bond donors (Lipinski definition) is 1. The van der Waals surface area contributed by atoms with E-state index >= 15 is 0 Å². The first-order valence-electron chi connectivity index (χ1n) is 5.81. The summed E-state index contributed by atoms with van der Waals surface area (Å²) in [6.07, 6.45) is 1.19. The van der Waals surface area contributed by atoms with Crippen molar-refractivity contribution in [2.75, 3.05) is 5.75 Å². The number of aromatic carboxylic acids is 1. The van der Waals surface area contributed by atoms with Gasteiger partial charge in [-0.3, -0.25) is 4.79 Å². The molecule has 0 fully saturated rings. The molecule has 6 nitrogen and oxygen atoms in total. The SMILES string of the molecule is Cc1cc(=O)c(C(=O)O)cn1CCS(=O)(=O)C(C)C. The fraction of sp³-hybridized carbons (Fsp3) is 0.500. The summed E-state index contributed by atoms with van der Waals surface area (Å²) in [5.74, 6) is -1.40. The van der Waals surface area contributed by atoms with Crippen LogP contribution in [0.1, 0.15) is 29.9 Å². The second-order valence-corrected chi connectivity index (χ2v) is 7.28. The maximum absolute atomic E-state index is 11.7. The number of rotatable bonds is 5. The van der Waals surface area contributed by atoms with Gasteiger partial charge in [0.25, 0.3) is 0 Å². The van der Waals surface area contributed by atoms with E-state index in [2.05, 4.69) is 0 Å². The van der Waals surface area contributed by atoms with Gasteiger partial charge >= 0.3 is 5.97 Å². The highest BCUT2D eigenvalue weighted by Crippen LogP contribution is 2.05. The van der Waals surface area contributed by atoms with Crippen LogP contribution in [0.2, 0.25) is 0 Å². The van der Waals surface area contributed by atoms with Crippen molar-refractivity contribution in [3.63, 3.8) is 0 Å². The van der Waals surface area contributed by atoms with Gasteiger partial charge in [0.2, 0.25) is 0 Å². The van der Waals surface area contributed by atoms with E-state index in [9.17, 15) is 18.0 Å². The molecule has 0 amide bonds.